The van der Waals surface area contributed by atoms with Gasteiger partial charge in [-0.1, -0.05) is 55.1 Å². The van der Waals surface area contributed by atoms with Gasteiger partial charge in [0.2, 0.25) is 5.91 Å². The molecule has 3 saturated carbocycles. The largest absolute Gasteiger partial charge is 0.506 e. The number of amides is 1. The number of Topliss-reactive ketones (excluding diaryl/α,β-unsaturated/α-hetero) is 1. The highest BCUT2D eigenvalue weighted by atomic mass is 32.2. The summed E-state index contributed by atoms with van der Waals surface area (Å²) in [7, 11) is 0. The molecule has 3 fully saturated rings. The van der Waals surface area contributed by atoms with Crippen molar-refractivity contribution in [1.82, 2.24) is 0 Å². The number of aryl methyl sites for hydroxylation is 1. The van der Waals surface area contributed by atoms with Gasteiger partial charge in [-0.05, 0) is 80.0 Å². The minimum Gasteiger partial charge on any atom is -0.506 e. The van der Waals surface area contributed by atoms with Crippen molar-refractivity contribution in [2.75, 3.05) is 5.32 Å². The first kappa shape index (κ1) is 27.1. The quantitative estimate of drug-likeness (QED) is 0.232. The average molecular weight is 548 g/mol. The molecule has 2 bridgehead atoms. The summed E-state index contributed by atoms with van der Waals surface area (Å²) in [5.74, 6) is -2.55. The highest BCUT2D eigenvalue weighted by Gasteiger charge is 2.60. The summed E-state index contributed by atoms with van der Waals surface area (Å²) < 4.78 is 0. The molecule has 7 nitrogen and oxygen atoms in total. The maximum atomic E-state index is 14.2. The van der Waals surface area contributed by atoms with Crippen molar-refractivity contribution in [3.8, 4) is 11.5 Å². The van der Waals surface area contributed by atoms with Gasteiger partial charge in [0.1, 0.15) is 17.0 Å². The van der Waals surface area contributed by atoms with Crippen LogP contribution in [0.3, 0.4) is 0 Å². The molecule has 4 atom stereocenters. The van der Waals surface area contributed by atoms with E-state index in [0.29, 0.717) is 10.8 Å². The van der Waals surface area contributed by atoms with E-state index in [1.807, 2.05) is 38.1 Å². The molecule has 204 valence electrons. The minimum absolute atomic E-state index is 0.0288. The Morgan fingerprint density at radius 1 is 1.18 bits per heavy atom. The fourth-order valence-corrected chi connectivity index (χ4v) is 8.12. The molecule has 0 saturated heterocycles. The van der Waals surface area contributed by atoms with E-state index in [1.54, 1.807) is 0 Å². The third-order valence-electron chi connectivity index (χ3n) is 9.07. The van der Waals surface area contributed by atoms with E-state index in [1.165, 1.54) is 17.3 Å². The fourth-order valence-electron chi connectivity index (χ4n) is 6.89. The molecule has 0 unspecified atom stereocenters. The van der Waals surface area contributed by atoms with Crippen molar-refractivity contribution < 1.29 is 29.7 Å². The summed E-state index contributed by atoms with van der Waals surface area (Å²) in [6.07, 6.45) is 6.21. The van der Waals surface area contributed by atoms with Gasteiger partial charge in [0.15, 0.2) is 11.5 Å². The third-order valence-corrected chi connectivity index (χ3v) is 10.3. The Kier molecular flexibility index (Phi) is 6.87. The number of hydrogen-bond acceptors (Lipinski definition) is 6. The number of benzene rings is 2. The Hall–Kier alpha value is -3.52. The van der Waals surface area contributed by atoms with Crippen LogP contribution in [-0.2, 0) is 9.59 Å². The van der Waals surface area contributed by atoms with Gasteiger partial charge in [-0.3, -0.25) is 9.59 Å². The van der Waals surface area contributed by atoms with Crippen molar-refractivity contribution in [2.45, 2.75) is 57.3 Å². The Morgan fingerprint density at radius 2 is 1.92 bits per heavy atom. The number of rotatable bonds is 7. The van der Waals surface area contributed by atoms with Gasteiger partial charge < -0.3 is 20.6 Å². The molecule has 1 spiro atoms. The Labute approximate surface area is 232 Å². The number of carbonyl (C=O) groups excluding carboxylic acids is 2. The van der Waals surface area contributed by atoms with Crippen LogP contribution in [0.15, 0.2) is 64.4 Å². The molecular formula is C31H33NO6S. The Bertz CT molecular complexity index is 1430. The number of thioether (sulfide) groups is 1. The molecule has 4 N–H and O–H groups in total. The third kappa shape index (κ3) is 4.65. The number of nitrogens with one attached hydrogen (secondary N) is 1. The van der Waals surface area contributed by atoms with Crippen LogP contribution in [0.2, 0.25) is 0 Å². The summed E-state index contributed by atoms with van der Waals surface area (Å²) in [4.78, 5) is 40.3. The monoisotopic (exact) mass is 547 g/mol. The molecule has 0 aromatic heterocycles. The number of aromatic hydroxyl groups is 2. The maximum Gasteiger partial charge on any atom is 0.339 e. The lowest BCUT2D eigenvalue weighted by Crippen LogP contribution is -2.55. The standard InChI is InChI=1S/C31H33NO6S/c1-17-6-4-5-7-22(17)39-23-16-31-13-10-19(18(2)15-31)14-24(31)30(3,28(23)36)12-11-25(34)32-26-21(33)9-8-20(27(26)35)29(37)38/h4-9,16,19,24,33,35H,2,10-15H2,1,3H3,(H,32,34)(H,37,38)/t19-,24+,30+,31-/m1/s1. The number of carboxylic acid groups (broad SMARTS) is 1. The lowest BCUT2D eigenvalue weighted by Gasteiger charge is -2.59. The zero-order chi connectivity index (χ0) is 28.1. The average Bonchev–Trinajstić information content (AvgIpc) is 2.89. The van der Waals surface area contributed by atoms with Crippen LogP contribution >= 0.6 is 11.8 Å². The van der Waals surface area contributed by atoms with Gasteiger partial charge in [-0.2, -0.15) is 0 Å². The number of allylic oxidation sites excluding steroid dienone is 3. The van der Waals surface area contributed by atoms with Crippen LogP contribution in [0.5, 0.6) is 11.5 Å². The minimum atomic E-state index is -1.38. The second kappa shape index (κ2) is 9.90. The van der Waals surface area contributed by atoms with Crippen LogP contribution in [0.1, 0.15) is 61.4 Å². The normalized spacial score (nSPS) is 27.6. The van der Waals surface area contributed by atoms with Crippen molar-refractivity contribution in [3.63, 3.8) is 0 Å². The smallest absolute Gasteiger partial charge is 0.339 e. The fraction of sp³-hybridized carbons (Fsp3) is 0.387. The molecule has 0 aliphatic heterocycles. The van der Waals surface area contributed by atoms with E-state index in [2.05, 4.69) is 18.0 Å². The van der Waals surface area contributed by atoms with E-state index >= 15 is 0 Å². The van der Waals surface area contributed by atoms with Crippen molar-refractivity contribution >= 4 is 35.1 Å². The molecule has 2 aromatic rings. The summed E-state index contributed by atoms with van der Waals surface area (Å²) in [6.45, 7) is 8.36. The number of carboxylic acids is 1. The SMILES string of the molecule is C=C1C[C@]23C=C(Sc4ccccc4C)C(=O)[C@@](C)(CCC(=O)Nc4c(O)ccc(C(=O)O)c4O)[C@@H]2C[C@H]1CC3. The molecular weight excluding hydrogens is 514 g/mol. The molecule has 6 rings (SSSR count). The van der Waals surface area contributed by atoms with Crippen molar-refractivity contribution in [2.24, 2.45) is 22.7 Å². The van der Waals surface area contributed by atoms with Gasteiger partial charge in [0.05, 0.1) is 4.91 Å². The predicted octanol–water partition coefficient (Wildman–Crippen LogP) is 6.45. The number of hydrogen-bond donors (Lipinski definition) is 4. The molecule has 0 heterocycles. The Balaban J connectivity index is 1.43. The topological polar surface area (TPSA) is 124 Å². The first-order valence-electron chi connectivity index (χ1n) is 13.2. The molecule has 8 heteroatoms. The number of ketones is 1. The highest BCUT2D eigenvalue weighted by molar-refractivity contribution is 8.04. The molecule has 4 aliphatic carbocycles. The number of aromatic carboxylic acids is 1. The van der Waals surface area contributed by atoms with Gasteiger partial charge in [0.25, 0.3) is 0 Å². The number of fused-ring (bicyclic) bond motifs is 2. The predicted molar refractivity (Wildman–Crippen MR) is 150 cm³/mol. The van der Waals surface area contributed by atoms with Crippen LogP contribution in [0.25, 0.3) is 0 Å². The summed E-state index contributed by atoms with van der Waals surface area (Å²) in [5.41, 5.74) is 0.594. The van der Waals surface area contributed by atoms with E-state index in [4.69, 9.17) is 0 Å². The van der Waals surface area contributed by atoms with Gasteiger partial charge in [-0.25, -0.2) is 4.79 Å². The summed E-state index contributed by atoms with van der Waals surface area (Å²) in [6, 6.07) is 10.2. The van der Waals surface area contributed by atoms with Crippen LogP contribution in [-0.4, -0.2) is 33.0 Å². The van der Waals surface area contributed by atoms with E-state index in [9.17, 15) is 29.7 Å². The van der Waals surface area contributed by atoms with Crippen LogP contribution in [0.4, 0.5) is 5.69 Å². The summed E-state index contributed by atoms with van der Waals surface area (Å²) in [5, 5.41) is 32.2. The van der Waals surface area contributed by atoms with Crippen LogP contribution < -0.4 is 5.32 Å². The molecule has 0 radical (unpaired) electrons. The second-order valence-electron chi connectivity index (χ2n) is 11.4. The van der Waals surface area contributed by atoms with Crippen LogP contribution in [0, 0.1) is 29.6 Å². The van der Waals surface area contributed by atoms with Gasteiger partial charge in [-0.15, -0.1) is 0 Å². The highest BCUT2D eigenvalue weighted by Crippen LogP contribution is 2.66. The van der Waals surface area contributed by atoms with E-state index < -0.39 is 34.4 Å². The lowest BCUT2D eigenvalue weighted by molar-refractivity contribution is -0.136. The molecule has 1 amide bonds. The zero-order valence-corrected chi connectivity index (χ0v) is 22.9. The second-order valence-corrected chi connectivity index (χ2v) is 12.5. The maximum absolute atomic E-state index is 14.2. The number of phenolic OH excluding ortho intramolecular Hbond substituents is 1. The van der Waals surface area contributed by atoms with Crippen molar-refractivity contribution in [3.05, 3.63) is 70.7 Å². The number of phenols is 2. The lowest BCUT2D eigenvalue weighted by atomic mass is 9.44. The first-order chi connectivity index (χ1) is 18.4. The summed E-state index contributed by atoms with van der Waals surface area (Å²) >= 11 is 1.49. The van der Waals surface area contributed by atoms with Gasteiger partial charge >= 0.3 is 5.97 Å². The molecule has 2 aromatic carbocycles. The first-order valence-corrected chi connectivity index (χ1v) is 14.0. The van der Waals surface area contributed by atoms with E-state index in [0.717, 1.165) is 48.3 Å². The number of anilines is 1. The van der Waals surface area contributed by atoms with E-state index in [-0.39, 0.29) is 35.6 Å². The molecule has 4 aliphatic rings. The van der Waals surface area contributed by atoms with Gasteiger partial charge in [0, 0.05) is 16.7 Å². The zero-order valence-electron chi connectivity index (χ0n) is 22.1. The number of carbonyl (C=O) groups is 3. The Morgan fingerprint density at radius 3 is 2.62 bits per heavy atom. The van der Waals surface area contributed by atoms with Crippen molar-refractivity contribution in [1.29, 1.82) is 0 Å². The molecule has 39 heavy (non-hydrogen) atoms.